The van der Waals surface area contributed by atoms with Gasteiger partial charge in [0.15, 0.2) is 0 Å². The summed E-state index contributed by atoms with van der Waals surface area (Å²) < 4.78 is 1.64. The van der Waals surface area contributed by atoms with Crippen LogP contribution in [-0.4, -0.2) is 45.2 Å². The van der Waals surface area contributed by atoms with Gasteiger partial charge in [-0.1, -0.05) is 18.6 Å². The fraction of sp³-hybridized carbons (Fsp3) is 0.692. The van der Waals surface area contributed by atoms with E-state index in [1.54, 1.807) is 17.1 Å². The summed E-state index contributed by atoms with van der Waals surface area (Å²) in [5.41, 5.74) is 0. The number of nitrogens with one attached hydrogen (secondary N) is 2. The van der Waals surface area contributed by atoms with Crippen LogP contribution in [0.5, 0.6) is 0 Å². The first-order chi connectivity index (χ1) is 10.1. The average molecular weight is 297 g/mol. The van der Waals surface area contributed by atoms with Crippen molar-refractivity contribution in [2.45, 2.75) is 39.2 Å². The first-order valence-electron chi connectivity index (χ1n) is 7.19. The highest BCUT2D eigenvalue weighted by Gasteiger charge is 2.09. The zero-order valence-corrected chi connectivity index (χ0v) is 12.3. The van der Waals surface area contributed by atoms with Crippen LogP contribution in [0.2, 0.25) is 0 Å². The molecular weight excluding hydrogens is 274 g/mol. The molecule has 118 valence electrons. The second-order valence-corrected chi connectivity index (χ2v) is 4.84. The molecule has 0 aromatic carbocycles. The third-order valence-corrected chi connectivity index (χ3v) is 3.28. The lowest BCUT2D eigenvalue weighted by molar-refractivity contribution is -0.137. The topological polar surface area (TPSA) is 109 Å². The highest BCUT2D eigenvalue weighted by molar-refractivity contribution is 5.73. The van der Waals surface area contributed by atoms with Gasteiger partial charge in [0.25, 0.3) is 0 Å². The van der Waals surface area contributed by atoms with Crippen molar-refractivity contribution in [2.24, 2.45) is 5.92 Å². The van der Waals surface area contributed by atoms with E-state index in [2.05, 4.69) is 20.9 Å². The van der Waals surface area contributed by atoms with Crippen molar-refractivity contribution in [3.05, 3.63) is 12.4 Å². The van der Waals surface area contributed by atoms with E-state index < -0.39 is 5.97 Å². The number of aliphatic carboxylic acids is 1. The van der Waals surface area contributed by atoms with Gasteiger partial charge in [0, 0.05) is 25.7 Å². The van der Waals surface area contributed by atoms with Crippen molar-refractivity contribution >= 4 is 12.0 Å². The van der Waals surface area contributed by atoms with Gasteiger partial charge in [-0.25, -0.2) is 4.79 Å². The van der Waals surface area contributed by atoms with Crippen LogP contribution >= 0.6 is 0 Å². The Morgan fingerprint density at radius 3 is 2.67 bits per heavy atom. The van der Waals surface area contributed by atoms with Crippen LogP contribution in [0, 0.1) is 5.92 Å². The summed E-state index contributed by atoms with van der Waals surface area (Å²) in [4.78, 5) is 22.1. The predicted molar refractivity (Wildman–Crippen MR) is 76.7 cm³/mol. The van der Waals surface area contributed by atoms with Crippen molar-refractivity contribution < 1.29 is 14.7 Å². The summed E-state index contributed by atoms with van der Waals surface area (Å²) in [5.74, 6) is -0.441. The average Bonchev–Trinajstić information content (AvgIpc) is 2.95. The number of amides is 2. The fourth-order valence-electron chi connectivity index (χ4n) is 1.97. The van der Waals surface area contributed by atoms with Gasteiger partial charge in [-0.15, -0.1) is 5.10 Å². The van der Waals surface area contributed by atoms with Gasteiger partial charge in [-0.3, -0.25) is 9.48 Å². The van der Waals surface area contributed by atoms with Crippen LogP contribution in [-0.2, 0) is 11.3 Å². The Kier molecular flexibility index (Phi) is 7.85. The molecule has 3 N–H and O–H groups in total. The number of urea groups is 1. The van der Waals surface area contributed by atoms with Crippen molar-refractivity contribution in [1.82, 2.24) is 25.6 Å². The van der Waals surface area contributed by atoms with Gasteiger partial charge < -0.3 is 15.7 Å². The first-order valence-corrected chi connectivity index (χ1v) is 7.19. The lowest BCUT2D eigenvalue weighted by Crippen LogP contribution is -2.38. The minimum atomic E-state index is -0.771. The van der Waals surface area contributed by atoms with Crippen molar-refractivity contribution in [1.29, 1.82) is 0 Å². The van der Waals surface area contributed by atoms with E-state index in [9.17, 15) is 9.59 Å². The number of aromatic nitrogens is 3. The van der Waals surface area contributed by atoms with E-state index in [1.807, 2.05) is 6.92 Å². The summed E-state index contributed by atoms with van der Waals surface area (Å²) in [6.07, 6.45) is 5.86. The smallest absolute Gasteiger partial charge is 0.314 e. The Hall–Kier alpha value is -2.12. The molecule has 0 fully saturated rings. The van der Waals surface area contributed by atoms with Crippen molar-refractivity contribution in [3.63, 3.8) is 0 Å². The number of nitrogens with zero attached hydrogens (tertiary/aromatic N) is 3. The molecule has 0 bridgehead atoms. The Morgan fingerprint density at radius 2 is 2.05 bits per heavy atom. The molecule has 1 unspecified atom stereocenters. The summed E-state index contributed by atoms with van der Waals surface area (Å²) in [7, 11) is 0. The molecule has 1 atom stereocenters. The summed E-state index contributed by atoms with van der Waals surface area (Å²) in [6, 6.07) is -0.219. The third kappa shape index (κ3) is 7.91. The summed E-state index contributed by atoms with van der Waals surface area (Å²) >= 11 is 0. The first kappa shape index (κ1) is 16.9. The number of carboxylic acid groups (broad SMARTS) is 1. The van der Waals surface area contributed by atoms with E-state index in [1.165, 1.54) is 0 Å². The maximum Gasteiger partial charge on any atom is 0.314 e. The largest absolute Gasteiger partial charge is 0.481 e. The molecular formula is C13H23N5O3. The molecule has 0 radical (unpaired) electrons. The molecule has 0 aliphatic heterocycles. The second-order valence-electron chi connectivity index (χ2n) is 4.84. The van der Waals surface area contributed by atoms with Crippen LogP contribution in [0.1, 0.15) is 32.6 Å². The lowest BCUT2D eigenvalue weighted by Gasteiger charge is -2.14. The second kappa shape index (κ2) is 9.73. The molecule has 1 heterocycles. The predicted octanol–water partition coefficient (Wildman–Crippen LogP) is 0.858. The maximum atomic E-state index is 11.5. The fourth-order valence-corrected chi connectivity index (χ4v) is 1.97. The van der Waals surface area contributed by atoms with E-state index in [4.69, 9.17) is 5.11 Å². The number of carbonyl (C=O) groups excluding carboxylic acids is 1. The van der Waals surface area contributed by atoms with Gasteiger partial charge in [-0.2, -0.15) is 0 Å². The van der Waals surface area contributed by atoms with Gasteiger partial charge in [0.2, 0.25) is 0 Å². The highest BCUT2D eigenvalue weighted by Crippen LogP contribution is 2.14. The Bertz CT molecular complexity index is 421. The maximum absolute atomic E-state index is 11.5. The lowest BCUT2D eigenvalue weighted by atomic mass is 9.97. The quantitative estimate of drug-likeness (QED) is 0.593. The Labute approximate surface area is 123 Å². The molecule has 1 aromatic heterocycles. The number of rotatable bonds is 10. The molecule has 8 nitrogen and oxygen atoms in total. The molecule has 2 amide bonds. The van der Waals surface area contributed by atoms with Crippen LogP contribution < -0.4 is 10.6 Å². The summed E-state index contributed by atoms with van der Waals surface area (Å²) in [5, 5.41) is 21.6. The minimum Gasteiger partial charge on any atom is -0.481 e. The van der Waals surface area contributed by atoms with Crippen molar-refractivity contribution in [2.75, 3.05) is 13.1 Å². The molecule has 1 aromatic rings. The van der Waals surface area contributed by atoms with Gasteiger partial charge in [-0.05, 0) is 18.8 Å². The molecule has 0 spiro atoms. The number of carbonyl (C=O) groups is 2. The zero-order chi connectivity index (χ0) is 15.5. The van der Waals surface area contributed by atoms with Crippen LogP contribution in [0.3, 0.4) is 0 Å². The zero-order valence-electron chi connectivity index (χ0n) is 12.3. The molecule has 0 saturated heterocycles. The third-order valence-electron chi connectivity index (χ3n) is 3.28. The Balaban J connectivity index is 2.07. The van der Waals surface area contributed by atoms with Crippen LogP contribution in [0.25, 0.3) is 0 Å². The number of hydrogen-bond donors (Lipinski definition) is 3. The molecule has 8 heteroatoms. The standard InChI is InChI=1S/C13H23N5O3/c1-2-11(3-4-12(19)20)5-6-14-13(21)15-7-9-18-10-8-16-17-18/h8,10-11H,2-7,9H2,1H3,(H,19,20)(H2,14,15,21). The molecule has 0 saturated carbocycles. The monoisotopic (exact) mass is 297 g/mol. The number of hydrogen-bond acceptors (Lipinski definition) is 4. The Morgan fingerprint density at radius 1 is 1.29 bits per heavy atom. The molecule has 0 aliphatic carbocycles. The van der Waals surface area contributed by atoms with Crippen molar-refractivity contribution in [3.8, 4) is 0 Å². The molecule has 21 heavy (non-hydrogen) atoms. The van der Waals surface area contributed by atoms with Gasteiger partial charge >= 0.3 is 12.0 Å². The van der Waals surface area contributed by atoms with Crippen LogP contribution in [0.4, 0.5) is 4.79 Å². The minimum absolute atomic E-state index is 0.183. The van der Waals surface area contributed by atoms with Gasteiger partial charge in [0.1, 0.15) is 0 Å². The van der Waals surface area contributed by atoms with Crippen LogP contribution in [0.15, 0.2) is 12.4 Å². The molecule has 1 rings (SSSR count). The highest BCUT2D eigenvalue weighted by atomic mass is 16.4. The van der Waals surface area contributed by atoms with E-state index in [0.717, 1.165) is 12.8 Å². The van der Waals surface area contributed by atoms with E-state index >= 15 is 0 Å². The van der Waals surface area contributed by atoms with E-state index in [0.29, 0.717) is 32.0 Å². The normalized spacial score (nSPS) is 11.9. The molecule has 0 aliphatic rings. The summed E-state index contributed by atoms with van der Waals surface area (Å²) in [6.45, 7) is 3.63. The van der Waals surface area contributed by atoms with Gasteiger partial charge in [0.05, 0.1) is 12.7 Å². The number of carboxylic acids is 1. The van der Waals surface area contributed by atoms with E-state index in [-0.39, 0.29) is 12.5 Å². The SMILES string of the molecule is CCC(CCNC(=O)NCCn1ccnn1)CCC(=O)O.